The highest BCUT2D eigenvalue weighted by Crippen LogP contribution is 2.37. The fourth-order valence-electron chi connectivity index (χ4n) is 4.56. The molecule has 2 atom stereocenters. The van der Waals surface area contributed by atoms with Crippen LogP contribution in [0.1, 0.15) is 36.0 Å². The number of methoxy groups -OCH3 is 1. The van der Waals surface area contributed by atoms with Crippen molar-refractivity contribution < 1.29 is 13.9 Å². The lowest BCUT2D eigenvalue weighted by Gasteiger charge is -2.29. The number of nitrogens with zero attached hydrogens (tertiary/aromatic N) is 1. The largest absolute Gasteiger partial charge is 0.496 e. The monoisotopic (exact) mass is 441 g/mol. The summed E-state index contributed by atoms with van der Waals surface area (Å²) in [6.45, 7) is 0. The van der Waals surface area contributed by atoms with Crippen LogP contribution in [-0.4, -0.2) is 30.1 Å². The number of para-hydroxylation sites is 1. The number of carbonyl (C=O) groups excluding carboxylic acids is 1. The number of amides is 1. The second-order valence-electron chi connectivity index (χ2n) is 8.49. The van der Waals surface area contributed by atoms with Gasteiger partial charge in [-0.1, -0.05) is 37.1 Å². The van der Waals surface area contributed by atoms with Gasteiger partial charge < -0.3 is 20.2 Å². The first-order valence-electron chi connectivity index (χ1n) is 11.3. The van der Waals surface area contributed by atoms with E-state index in [1.807, 2.05) is 60.7 Å². The first-order valence-corrected chi connectivity index (χ1v) is 11.3. The molecule has 33 heavy (non-hydrogen) atoms. The number of furan rings is 1. The summed E-state index contributed by atoms with van der Waals surface area (Å²) in [5, 5.41) is 3.13. The van der Waals surface area contributed by atoms with Crippen molar-refractivity contribution in [3.8, 4) is 28.2 Å². The number of nitrogens with two attached hydrogens (primary N) is 1. The van der Waals surface area contributed by atoms with Gasteiger partial charge in [-0.05, 0) is 48.7 Å². The topological polar surface area (TPSA) is 90.4 Å². The lowest BCUT2D eigenvalue weighted by atomic mass is 9.91. The fraction of sp³-hybridized carbons (Fsp3) is 0.259. The average Bonchev–Trinajstić information content (AvgIpc) is 3.30. The summed E-state index contributed by atoms with van der Waals surface area (Å²) in [5.41, 5.74) is 10.9. The van der Waals surface area contributed by atoms with E-state index in [2.05, 4.69) is 10.3 Å². The van der Waals surface area contributed by atoms with Gasteiger partial charge in [0.2, 0.25) is 0 Å². The van der Waals surface area contributed by atoms with Gasteiger partial charge in [0.05, 0.1) is 12.7 Å². The smallest absolute Gasteiger partial charge is 0.251 e. The van der Waals surface area contributed by atoms with E-state index in [1.54, 1.807) is 13.3 Å². The van der Waals surface area contributed by atoms with Gasteiger partial charge in [-0.25, -0.2) is 0 Å². The number of carbonyl (C=O) groups is 1. The highest BCUT2D eigenvalue weighted by molar-refractivity contribution is 5.98. The molecule has 5 rings (SSSR count). The predicted molar refractivity (Wildman–Crippen MR) is 129 cm³/mol. The van der Waals surface area contributed by atoms with Crippen molar-refractivity contribution in [2.45, 2.75) is 37.8 Å². The van der Waals surface area contributed by atoms with Crippen LogP contribution in [0.3, 0.4) is 0 Å². The van der Waals surface area contributed by atoms with Crippen LogP contribution in [-0.2, 0) is 0 Å². The van der Waals surface area contributed by atoms with Crippen molar-refractivity contribution in [2.75, 3.05) is 7.11 Å². The molecule has 1 aliphatic carbocycles. The molecule has 1 amide bonds. The highest BCUT2D eigenvalue weighted by atomic mass is 16.5. The Labute approximate surface area is 192 Å². The number of rotatable bonds is 5. The normalized spacial score (nSPS) is 18.2. The van der Waals surface area contributed by atoms with Gasteiger partial charge in [0.25, 0.3) is 5.91 Å². The maximum atomic E-state index is 12.9. The van der Waals surface area contributed by atoms with E-state index in [-0.39, 0.29) is 18.0 Å². The number of pyridine rings is 1. The van der Waals surface area contributed by atoms with Crippen molar-refractivity contribution in [3.63, 3.8) is 0 Å². The molecule has 6 heteroatoms. The van der Waals surface area contributed by atoms with E-state index in [1.165, 1.54) is 0 Å². The lowest BCUT2D eigenvalue weighted by Crippen LogP contribution is -2.49. The van der Waals surface area contributed by atoms with Crippen LogP contribution in [0, 0.1) is 0 Å². The third kappa shape index (κ3) is 4.22. The zero-order valence-corrected chi connectivity index (χ0v) is 18.6. The van der Waals surface area contributed by atoms with Gasteiger partial charge in [-0.2, -0.15) is 0 Å². The van der Waals surface area contributed by atoms with Gasteiger partial charge in [0, 0.05) is 35.5 Å². The van der Waals surface area contributed by atoms with Crippen LogP contribution < -0.4 is 15.8 Å². The Morgan fingerprint density at radius 3 is 2.76 bits per heavy atom. The summed E-state index contributed by atoms with van der Waals surface area (Å²) >= 11 is 0. The molecule has 1 fully saturated rings. The van der Waals surface area contributed by atoms with Crippen molar-refractivity contribution in [2.24, 2.45) is 5.73 Å². The van der Waals surface area contributed by atoms with Crippen LogP contribution >= 0.6 is 0 Å². The lowest BCUT2D eigenvalue weighted by molar-refractivity contribution is 0.0921. The summed E-state index contributed by atoms with van der Waals surface area (Å²) in [6, 6.07) is 19.2. The second kappa shape index (κ2) is 9.08. The first-order chi connectivity index (χ1) is 16.1. The molecule has 4 aromatic rings. The van der Waals surface area contributed by atoms with E-state index in [0.717, 1.165) is 53.6 Å². The molecular formula is C27H27N3O3. The molecule has 3 N–H and O–H groups in total. The van der Waals surface area contributed by atoms with Gasteiger partial charge in [-0.3, -0.25) is 9.78 Å². The molecule has 0 spiro atoms. The standard InChI is InChI=1S/C27H27N3O3/c1-32-24-12-5-2-9-20(24)25-16-23-26(33-25)19(13-14-29-23)17-7-6-8-18(15-17)27(31)30-22-11-4-3-10-21(22)28/h2,5-9,12-16,21-22H,3-4,10-11,28H2,1H3,(H,30,31)/t21-,22+/m0/s1. The molecule has 6 nitrogen and oxygen atoms in total. The molecule has 2 heterocycles. The van der Waals surface area contributed by atoms with Crippen LogP contribution in [0.2, 0.25) is 0 Å². The molecule has 0 aliphatic heterocycles. The zero-order valence-electron chi connectivity index (χ0n) is 18.6. The molecule has 168 valence electrons. The van der Waals surface area contributed by atoms with Crippen LogP contribution in [0.15, 0.2) is 71.3 Å². The Hall–Kier alpha value is -3.64. The Morgan fingerprint density at radius 1 is 1.06 bits per heavy atom. The van der Waals surface area contributed by atoms with E-state index >= 15 is 0 Å². The SMILES string of the molecule is COc1ccccc1-c1cc2nccc(-c3cccc(C(=O)N[C@@H]4CCCC[C@@H]4N)c3)c2o1. The minimum atomic E-state index is -0.0985. The Balaban J connectivity index is 1.48. The molecule has 1 saturated carbocycles. The second-order valence-corrected chi connectivity index (χ2v) is 8.49. The number of hydrogen-bond donors (Lipinski definition) is 2. The number of benzene rings is 2. The van der Waals surface area contributed by atoms with Gasteiger partial charge in [0.1, 0.15) is 17.0 Å². The van der Waals surface area contributed by atoms with Crippen molar-refractivity contribution in [1.29, 1.82) is 0 Å². The molecule has 0 radical (unpaired) electrons. The van der Waals surface area contributed by atoms with Crippen LogP contribution in [0.5, 0.6) is 5.75 Å². The van der Waals surface area contributed by atoms with Crippen molar-refractivity contribution in [3.05, 3.63) is 72.4 Å². The first kappa shape index (κ1) is 21.2. The summed E-state index contributed by atoms with van der Waals surface area (Å²) in [7, 11) is 1.64. The number of fused-ring (bicyclic) bond motifs is 1. The van der Waals surface area contributed by atoms with E-state index in [4.69, 9.17) is 14.9 Å². The predicted octanol–water partition coefficient (Wildman–Crippen LogP) is 5.17. The Bertz CT molecular complexity index is 1300. The zero-order chi connectivity index (χ0) is 22.8. The van der Waals surface area contributed by atoms with Crippen molar-refractivity contribution >= 4 is 17.0 Å². The highest BCUT2D eigenvalue weighted by Gasteiger charge is 2.24. The third-order valence-electron chi connectivity index (χ3n) is 6.36. The maximum absolute atomic E-state index is 12.9. The maximum Gasteiger partial charge on any atom is 0.251 e. The fourth-order valence-corrected chi connectivity index (χ4v) is 4.56. The van der Waals surface area contributed by atoms with E-state index < -0.39 is 0 Å². The van der Waals surface area contributed by atoms with Gasteiger partial charge in [-0.15, -0.1) is 0 Å². The van der Waals surface area contributed by atoms with Gasteiger partial charge >= 0.3 is 0 Å². The molecular weight excluding hydrogens is 414 g/mol. The number of nitrogens with one attached hydrogen (secondary N) is 1. The Kier molecular flexibility index (Phi) is 5.84. The molecule has 0 saturated heterocycles. The van der Waals surface area contributed by atoms with E-state index in [9.17, 15) is 4.79 Å². The van der Waals surface area contributed by atoms with Crippen LogP contribution in [0.4, 0.5) is 0 Å². The molecule has 1 aliphatic rings. The van der Waals surface area contributed by atoms with Gasteiger partial charge in [0.15, 0.2) is 5.58 Å². The molecule has 0 bridgehead atoms. The quantitative estimate of drug-likeness (QED) is 0.446. The molecule has 0 unspecified atom stereocenters. The molecule has 2 aromatic heterocycles. The van der Waals surface area contributed by atoms with Crippen molar-refractivity contribution in [1.82, 2.24) is 10.3 Å². The summed E-state index contributed by atoms with van der Waals surface area (Å²) in [6.07, 6.45) is 5.86. The van der Waals surface area contributed by atoms with Crippen LogP contribution in [0.25, 0.3) is 33.6 Å². The number of aromatic nitrogens is 1. The number of hydrogen-bond acceptors (Lipinski definition) is 5. The minimum absolute atomic E-state index is 0.0159. The minimum Gasteiger partial charge on any atom is -0.496 e. The van der Waals surface area contributed by atoms with E-state index in [0.29, 0.717) is 16.9 Å². The Morgan fingerprint density at radius 2 is 1.91 bits per heavy atom. The average molecular weight is 442 g/mol. The summed E-state index contributed by atoms with van der Waals surface area (Å²) in [5.74, 6) is 1.32. The summed E-state index contributed by atoms with van der Waals surface area (Å²) < 4.78 is 11.7. The third-order valence-corrected chi connectivity index (χ3v) is 6.36. The molecule has 2 aromatic carbocycles. The number of ether oxygens (including phenoxy) is 1. The summed E-state index contributed by atoms with van der Waals surface area (Å²) in [4.78, 5) is 17.4.